The summed E-state index contributed by atoms with van der Waals surface area (Å²) in [5, 5.41) is 2.93. The van der Waals surface area contributed by atoms with Crippen LogP contribution in [0.4, 0.5) is 5.69 Å². The molecule has 4 rings (SSSR count). The Bertz CT molecular complexity index is 859. The predicted octanol–water partition coefficient (Wildman–Crippen LogP) is 2.55. The molecule has 136 valence electrons. The summed E-state index contributed by atoms with van der Waals surface area (Å²) in [4.78, 5) is 26.6. The van der Waals surface area contributed by atoms with E-state index in [1.807, 2.05) is 26.0 Å². The van der Waals surface area contributed by atoms with Gasteiger partial charge in [0, 0.05) is 24.7 Å². The number of rotatable bonds is 4. The van der Waals surface area contributed by atoms with Crippen molar-refractivity contribution in [3.63, 3.8) is 0 Å². The van der Waals surface area contributed by atoms with Crippen molar-refractivity contribution in [3.05, 3.63) is 41.9 Å². The van der Waals surface area contributed by atoms with Gasteiger partial charge in [0.2, 0.25) is 18.6 Å². The quantitative estimate of drug-likeness (QED) is 0.910. The number of ether oxygens (including phenoxy) is 2. The van der Waals surface area contributed by atoms with E-state index < -0.39 is 5.92 Å². The maximum atomic E-state index is 12.6. The van der Waals surface area contributed by atoms with Crippen LogP contribution in [0.5, 0.6) is 11.5 Å². The molecule has 2 aliphatic rings. The minimum Gasteiger partial charge on any atom is -0.464 e. The topological polar surface area (TPSA) is 81.0 Å². The van der Waals surface area contributed by atoms with Crippen LogP contribution in [0.3, 0.4) is 0 Å². The Kier molecular flexibility index (Phi) is 4.06. The van der Waals surface area contributed by atoms with Crippen LogP contribution in [0.15, 0.2) is 34.7 Å². The first kappa shape index (κ1) is 16.5. The first-order valence-electron chi connectivity index (χ1n) is 8.58. The van der Waals surface area contributed by atoms with Crippen molar-refractivity contribution < 1.29 is 23.5 Å². The molecule has 0 bridgehead atoms. The van der Waals surface area contributed by atoms with Crippen molar-refractivity contribution in [1.29, 1.82) is 0 Å². The fourth-order valence-electron chi connectivity index (χ4n) is 3.27. The molecular formula is C19H20N2O5. The summed E-state index contributed by atoms with van der Waals surface area (Å²) in [6, 6.07) is 8.82. The third kappa shape index (κ3) is 3.00. The highest BCUT2D eigenvalue weighted by Crippen LogP contribution is 2.37. The Hall–Kier alpha value is -2.96. The number of furan rings is 1. The van der Waals surface area contributed by atoms with Gasteiger partial charge in [-0.25, -0.2) is 0 Å². The van der Waals surface area contributed by atoms with Crippen LogP contribution in [-0.4, -0.2) is 25.2 Å². The summed E-state index contributed by atoms with van der Waals surface area (Å²) >= 11 is 0. The zero-order valence-corrected chi connectivity index (χ0v) is 14.7. The van der Waals surface area contributed by atoms with Crippen molar-refractivity contribution in [3.8, 4) is 11.5 Å². The number of carbonyl (C=O) groups excluding carboxylic acids is 2. The van der Waals surface area contributed by atoms with E-state index in [4.69, 9.17) is 13.9 Å². The highest BCUT2D eigenvalue weighted by atomic mass is 16.7. The Labute approximate surface area is 150 Å². The molecule has 2 aliphatic heterocycles. The number of benzene rings is 1. The lowest BCUT2D eigenvalue weighted by atomic mass is 10.1. The second-order valence-electron chi connectivity index (χ2n) is 6.62. The number of nitrogens with one attached hydrogen (secondary N) is 1. The molecule has 1 aromatic carbocycles. The predicted molar refractivity (Wildman–Crippen MR) is 93.0 cm³/mol. The lowest BCUT2D eigenvalue weighted by Crippen LogP contribution is -2.34. The molecule has 1 aromatic heterocycles. The molecule has 1 saturated heterocycles. The monoisotopic (exact) mass is 356 g/mol. The number of anilines is 1. The van der Waals surface area contributed by atoms with Gasteiger partial charge in [-0.1, -0.05) is 0 Å². The molecule has 2 unspecified atom stereocenters. The first-order chi connectivity index (χ1) is 12.5. The van der Waals surface area contributed by atoms with Crippen molar-refractivity contribution in [2.45, 2.75) is 26.3 Å². The Morgan fingerprint density at radius 3 is 2.81 bits per heavy atom. The van der Waals surface area contributed by atoms with Gasteiger partial charge in [0.25, 0.3) is 0 Å². The molecule has 1 fully saturated rings. The van der Waals surface area contributed by atoms with Crippen molar-refractivity contribution in [2.24, 2.45) is 5.92 Å². The van der Waals surface area contributed by atoms with E-state index >= 15 is 0 Å². The van der Waals surface area contributed by atoms with Gasteiger partial charge in [-0.3, -0.25) is 9.59 Å². The first-order valence-corrected chi connectivity index (χ1v) is 8.58. The Balaban J connectivity index is 1.43. The SMILES string of the molecule is Cc1ccc(C(C)NC(=O)C2CC(=O)N(c3ccc4c(c3)OCO4)C2)o1. The third-order valence-electron chi connectivity index (χ3n) is 4.71. The molecule has 2 aromatic rings. The van der Waals surface area contributed by atoms with Gasteiger partial charge >= 0.3 is 0 Å². The van der Waals surface area contributed by atoms with Gasteiger partial charge in [-0.05, 0) is 38.1 Å². The van der Waals surface area contributed by atoms with Crippen LogP contribution in [0.25, 0.3) is 0 Å². The smallest absolute Gasteiger partial charge is 0.231 e. The van der Waals surface area contributed by atoms with E-state index in [1.54, 1.807) is 23.1 Å². The normalized spacial score (nSPS) is 19.7. The van der Waals surface area contributed by atoms with Crippen LogP contribution in [0, 0.1) is 12.8 Å². The lowest BCUT2D eigenvalue weighted by Gasteiger charge is -2.18. The number of nitrogens with zero attached hydrogens (tertiary/aromatic N) is 1. The lowest BCUT2D eigenvalue weighted by molar-refractivity contribution is -0.127. The summed E-state index contributed by atoms with van der Waals surface area (Å²) in [7, 11) is 0. The fraction of sp³-hybridized carbons (Fsp3) is 0.368. The molecular weight excluding hydrogens is 336 g/mol. The molecule has 7 heteroatoms. The van der Waals surface area contributed by atoms with Gasteiger partial charge in [0.05, 0.1) is 12.0 Å². The van der Waals surface area contributed by atoms with Crippen LogP contribution in [-0.2, 0) is 9.59 Å². The average Bonchev–Trinajstić information content (AvgIpc) is 3.33. The van der Waals surface area contributed by atoms with E-state index in [0.717, 1.165) is 5.76 Å². The van der Waals surface area contributed by atoms with E-state index in [1.165, 1.54) is 0 Å². The van der Waals surface area contributed by atoms with Crippen LogP contribution < -0.4 is 19.7 Å². The molecule has 0 spiro atoms. The van der Waals surface area contributed by atoms with Crippen molar-refractivity contribution >= 4 is 17.5 Å². The molecule has 3 heterocycles. The third-order valence-corrected chi connectivity index (χ3v) is 4.71. The van der Waals surface area contributed by atoms with E-state index in [2.05, 4.69) is 5.32 Å². The highest BCUT2D eigenvalue weighted by molar-refractivity contribution is 6.00. The number of hydrogen-bond acceptors (Lipinski definition) is 5. The van der Waals surface area contributed by atoms with Crippen LogP contribution >= 0.6 is 0 Å². The number of aryl methyl sites for hydroxylation is 1. The van der Waals surface area contributed by atoms with Crippen molar-refractivity contribution in [1.82, 2.24) is 5.32 Å². The van der Waals surface area contributed by atoms with Gasteiger partial charge in [0.1, 0.15) is 11.5 Å². The Morgan fingerprint density at radius 2 is 2.04 bits per heavy atom. The number of carbonyl (C=O) groups is 2. The second-order valence-corrected chi connectivity index (χ2v) is 6.62. The zero-order chi connectivity index (χ0) is 18.3. The minimum absolute atomic E-state index is 0.0782. The molecule has 0 aliphatic carbocycles. The fourth-order valence-corrected chi connectivity index (χ4v) is 3.27. The summed E-state index contributed by atoms with van der Waals surface area (Å²) in [6.07, 6.45) is 0.185. The van der Waals surface area contributed by atoms with Gasteiger partial charge in [0.15, 0.2) is 11.5 Å². The summed E-state index contributed by atoms with van der Waals surface area (Å²) in [6.45, 7) is 4.25. The van der Waals surface area contributed by atoms with E-state index in [9.17, 15) is 9.59 Å². The standard InChI is InChI=1S/C19H20N2O5/c1-11-3-5-15(26-11)12(2)20-19(23)13-7-18(22)21(9-13)14-4-6-16-17(8-14)25-10-24-16/h3-6,8,12-13H,7,9-10H2,1-2H3,(H,20,23). The van der Waals surface area contributed by atoms with Gasteiger partial charge in [-0.15, -0.1) is 0 Å². The van der Waals surface area contributed by atoms with Gasteiger partial charge in [-0.2, -0.15) is 0 Å². The number of fused-ring (bicyclic) bond motifs is 1. The highest BCUT2D eigenvalue weighted by Gasteiger charge is 2.36. The maximum absolute atomic E-state index is 12.6. The summed E-state index contributed by atoms with van der Waals surface area (Å²) in [5.41, 5.74) is 0.712. The second kappa shape index (κ2) is 6.40. The van der Waals surface area contributed by atoms with Crippen molar-refractivity contribution in [2.75, 3.05) is 18.2 Å². The molecule has 0 saturated carbocycles. The average molecular weight is 356 g/mol. The molecule has 1 N–H and O–H groups in total. The van der Waals surface area contributed by atoms with E-state index in [0.29, 0.717) is 29.5 Å². The van der Waals surface area contributed by atoms with Gasteiger partial charge < -0.3 is 24.1 Å². The largest absolute Gasteiger partial charge is 0.464 e. The number of amides is 2. The maximum Gasteiger partial charge on any atom is 0.231 e. The molecule has 7 nitrogen and oxygen atoms in total. The molecule has 2 amide bonds. The number of hydrogen-bond donors (Lipinski definition) is 1. The van der Waals surface area contributed by atoms with Crippen LogP contribution in [0.1, 0.15) is 30.9 Å². The molecule has 0 radical (unpaired) electrons. The minimum atomic E-state index is -0.397. The summed E-state index contributed by atoms with van der Waals surface area (Å²) in [5.74, 6) is 2.15. The van der Waals surface area contributed by atoms with Crippen LogP contribution in [0.2, 0.25) is 0 Å². The van der Waals surface area contributed by atoms with E-state index in [-0.39, 0.29) is 31.1 Å². The molecule has 26 heavy (non-hydrogen) atoms. The molecule has 2 atom stereocenters. The zero-order valence-electron chi connectivity index (χ0n) is 14.7. The summed E-state index contributed by atoms with van der Waals surface area (Å²) < 4.78 is 16.2. The Morgan fingerprint density at radius 1 is 1.23 bits per heavy atom.